The minimum atomic E-state index is -1.87. The van der Waals surface area contributed by atoms with E-state index in [1.165, 1.54) is 30.8 Å². The molecule has 414 valence electrons. The van der Waals surface area contributed by atoms with E-state index in [0.29, 0.717) is 17.5 Å². The zero-order chi connectivity index (χ0) is 56.2. The molecule has 2 rings (SSSR count). The van der Waals surface area contributed by atoms with Gasteiger partial charge < -0.3 is 85.3 Å². The fraction of sp³-hybridized carbons (Fsp3) is 0.511. The Morgan fingerprint density at radius 2 is 1.19 bits per heavy atom. The SMILES string of the molecule is CSCC[C@H](NC(=O)[C@H](Cc1ccccc1)NC(=O)CNC(=O)[C@@H](C)NC(=O)[C@@H](N)Cc1ccc(O)cc1)C(=O)N[C@H](C(=O)N[C@@H](CO)C(=O)N[C@@H](CCC(=O)O)C(=O)N[C@@H](CCCCN=C(N)N)C(=O)O)[C@@H](C)O. The molecule has 0 aliphatic rings. The molecule has 2 aromatic carbocycles. The second-order valence-corrected chi connectivity index (χ2v) is 18.2. The topological polar surface area (TPSA) is 459 Å². The molecule has 0 aliphatic heterocycles. The van der Waals surface area contributed by atoms with Gasteiger partial charge in [-0.2, -0.15) is 11.8 Å². The molecule has 75 heavy (non-hydrogen) atoms. The number of carboxylic acid groups (broad SMARTS) is 2. The summed E-state index contributed by atoms with van der Waals surface area (Å²) >= 11 is 1.30. The average molecular weight is 1080 g/mol. The molecule has 0 spiro atoms. The molecule has 0 fully saturated rings. The number of aliphatic imine (C=N–C) groups is 1. The Balaban J connectivity index is 2.19. The molecule has 0 heterocycles. The van der Waals surface area contributed by atoms with Gasteiger partial charge in [-0.05, 0) is 87.6 Å². The maximum absolute atomic E-state index is 14.0. The number of carboxylic acids is 2. The molecule has 2 aromatic rings. The molecule has 19 N–H and O–H groups in total. The monoisotopic (exact) mass is 1070 g/mol. The molecule has 27 nitrogen and oxygen atoms in total. The number of aliphatic hydroxyl groups is 2. The molecule has 0 radical (unpaired) electrons. The smallest absolute Gasteiger partial charge is 0.326 e. The van der Waals surface area contributed by atoms with Crippen LogP contribution in [0.4, 0.5) is 0 Å². The van der Waals surface area contributed by atoms with Crippen LogP contribution in [0.2, 0.25) is 0 Å². The van der Waals surface area contributed by atoms with Crippen LogP contribution in [0, 0.1) is 0 Å². The number of amides is 8. The number of thioether (sulfide) groups is 1. The predicted molar refractivity (Wildman–Crippen MR) is 273 cm³/mol. The normalized spacial score (nSPS) is 14.5. The van der Waals surface area contributed by atoms with Crippen molar-refractivity contribution < 1.29 is 73.5 Å². The maximum Gasteiger partial charge on any atom is 0.326 e. The maximum atomic E-state index is 14.0. The second kappa shape index (κ2) is 33.3. The minimum Gasteiger partial charge on any atom is -0.508 e. The van der Waals surface area contributed by atoms with E-state index in [0.717, 1.165) is 6.92 Å². The van der Waals surface area contributed by atoms with Crippen molar-refractivity contribution in [3.8, 4) is 5.75 Å². The lowest BCUT2D eigenvalue weighted by Gasteiger charge is -2.28. The first-order valence-corrected chi connectivity index (χ1v) is 25.1. The largest absolute Gasteiger partial charge is 0.508 e. The van der Waals surface area contributed by atoms with E-state index >= 15 is 0 Å². The lowest BCUT2D eigenvalue weighted by Crippen LogP contribution is -2.62. The van der Waals surface area contributed by atoms with Gasteiger partial charge in [0.25, 0.3) is 0 Å². The average Bonchev–Trinajstić information content (AvgIpc) is 3.35. The Labute approximate surface area is 436 Å². The van der Waals surface area contributed by atoms with Gasteiger partial charge in [0.2, 0.25) is 47.3 Å². The van der Waals surface area contributed by atoms with Crippen LogP contribution in [0.15, 0.2) is 59.6 Å². The Hall–Kier alpha value is -7.56. The number of nitrogens with zero attached hydrogens (tertiary/aromatic N) is 1. The molecule has 0 aliphatic carbocycles. The van der Waals surface area contributed by atoms with Crippen LogP contribution in [-0.4, -0.2) is 177 Å². The van der Waals surface area contributed by atoms with Crippen molar-refractivity contribution in [2.24, 2.45) is 22.2 Å². The lowest BCUT2D eigenvalue weighted by molar-refractivity contribution is -0.143. The van der Waals surface area contributed by atoms with Crippen LogP contribution in [0.25, 0.3) is 0 Å². The van der Waals surface area contributed by atoms with Gasteiger partial charge in [-0.25, -0.2) is 4.79 Å². The zero-order valence-corrected chi connectivity index (χ0v) is 42.6. The van der Waals surface area contributed by atoms with Crippen LogP contribution >= 0.6 is 11.8 Å². The number of benzene rings is 2. The number of unbranched alkanes of at least 4 members (excludes halogenated alkanes) is 1. The molecule has 0 aromatic heterocycles. The van der Waals surface area contributed by atoms with Gasteiger partial charge in [-0.3, -0.25) is 48.1 Å². The molecule has 8 amide bonds. The molecule has 0 saturated carbocycles. The number of guanidine groups is 1. The molecule has 28 heteroatoms. The number of hydrogen-bond acceptors (Lipinski definition) is 16. The standard InChI is InChI=1S/C47H70N12O15S/c1-25(53-40(67)30(48)21-28-12-14-29(62)15-13-28)39(66)52-23-36(63)54-34(22-27-9-5-4-6-10-27)43(70)56-32(18-20-75-3)42(69)59-38(26(2)61)45(72)58-35(24-60)44(71)55-31(16-17-37(64)65)41(68)57-33(46(73)74)11-7-8-19-51-47(49)50/h4-6,9-10,12-15,25-26,30-35,38,60-62H,7-8,11,16-24,48H2,1-3H3,(H,52,66)(H,53,67)(H,54,63)(H,55,71)(H,56,70)(H,57,68)(H,58,72)(H,59,69)(H,64,65)(H,73,74)(H4,49,50,51)/t25-,26-,30+,31+,32+,33+,34+,35+,38+/m1/s1. The van der Waals surface area contributed by atoms with Crippen molar-refractivity contribution in [2.75, 3.05) is 31.7 Å². The van der Waals surface area contributed by atoms with Crippen molar-refractivity contribution in [2.45, 2.75) is 120 Å². The number of hydrogen-bond donors (Lipinski definition) is 16. The fourth-order valence-corrected chi connectivity index (χ4v) is 7.36. The Kier molecular flexibility index (Phi) is 28.2. The highest BCUT2D eigenvalue weighted by molar-refractivity contribution is 7.98. The van der Waals surface area contributed by atoms with Gasteiger partial charge >= 0.3 is 11.9 Å². The number of carbonyl (C=O) groups excluding carboxylic acids is 8. The van der Waals surface area contributed by atoms with Gasteiger partial charge in [-0.15, -0.1) is 0 Å². The van der Waals surface area contributed by atoms with Gasteiger partial charge in [0.15, 0.2) is 5.96 Å². The van der Waals surface area contributed by atoms with Crippen molar-refractivity contribution in [3.05, 3.63) is 65.7 Å². The summed E-state index contributed by atoms with van der Waals surface area (Å²) in [5.41, 5.74) is 17.8. The Bertz CT molecular complexity index is 2270. The van der Waals surface area contributed by atoms with Crippen molar-refractivity contribution >= 4 is 76.9 Å². The minimum absolute atomic E-state index is 0.0324. The first-order chi connectivity index (χ1) is 35.4. The Morgan fingerprint density at radius 3 is 1.76 bits per heavy atom. The van der Waals surface area contributed by atoms with Gasteiger partial charge in [0, 0.05) is 19.4 Å². The molecular weight excluding hydrogens is 1000 g/mol. The van der Waals surface area contributed by atoms with Crippen LogP contribution in [0.1, 0.15) is 63.5 Å². The van der Waals surface area contributed by atoms with E-state index in [9.17, 15) is 73.5 Å². The predicted octanol–water partition coefficient (Wildman–Crippen LogP) is -4.45. The number of aliphatic carboxylic acids is 2. The highest BCUT2D eigenvalue weighted by atomic mass is 32.2. The summed E-state index contributed by atoms with van der Waals surface area (Å²) in [6, 6.07) is 2.70. The summed E-state index contributed by atoms with van der Waals surface area (Å²) in [4.78, 5) is 134. The van der Waals surface area contributed by atoms with Crippen molar-refractivity contribution in [1.82, 2.24) is 42.5 Å². The Morgan fingerprint density at radius 1 is 0.627 bits per heavy atom. The number of nitrogens with two attached hydrogens (primary N) is 3. The van der Waals surface area contributed by atoms with Gasteiger partial charge in [0.05, 0.1) is 25.3 Å². The summed E-state index contributed by atoms with van der Waals surface area (Å²) < 4.78 is 0. The van der Waals surface area contributed by atoms with E-state index in [4.69, 9.17) is 17.2 Å². The molecular formula is C47H70N12O15S. The summed E-state index contributed by atoms with van der Waals surface area (Å²) in [5, 5.41) is 68.3. The van der Waals surface area contributed by atoms with E-state index in [2.05, 4.69) is 47.5 Å². The van der Waals surface area contributed by atoms with E-state index in [1.807, 2.05) is 0 Å². The first kappa shape index (κ1) is 63.6. The number of nitrogens with one attached hydrogen (secondary N) is 8. The molecule has 9 atom stereocenters. The summed E-state index contributed by atoms with van der Waals surface area (Å²) in [6.07, 6.45) is -0.707. The third-order valence-electron chi connectivity index (χ3n) is 11.0. The quantitative estimate of drug-likeness (QED) is 0.0179. The third kappa shape index (κ3) is 24.4. The highest BCUT2D eigenvalue weighted by Gasteiger charge is 2.35. The summed E-state index contributed by atoms with van der Waals surface area (Å²) in [6.45, 7) is 0.911. The summed E-state index contributed by atoms with van der Waals surface area (Å²) in [7, 11) is 0. The fourth-order valence-electron chi connectivity index (χ4n) is 6.89. The highest BCUT2D eigenvalue weighted by Crippen LogP contribution is 2.12. The van der Waals surface area contributed by atoms with E-state index < -0.39 is 140 Å². The first-order valence-electron chi connectivity index (χ1n) is 23.7. The van der Waals surface area contributed by atoms with Crippen molar-refractivity contribution in [3.63, 3.8) is 0 Å². The third-order valence-corrected chi connectivity index (χ3v) is 11.7. The number of rotatable bonds is 34. The number of phenols is 1. The number of carbonyl (C=O) groups is 10. The van der Waals surface area contributed by atoms with Gasteiger partial charge in [0.1, 0.15) is 48.0 Å². The second-order valence-electron chi connectivity index (χ2n) is 17.2. The molecule has 0 bridgehead atoms. The summed E-state index contributed by atoms with van der Waals surface area (Å²) in [5.74, 6) is -10.3. The van der Waals surface area contributed by atoms with Crippen LogP contribution < -0.4 is 59.7 Å². The molecule has 0 saturated heterocycles. The lowest BCUT2D eigenvalue weighted by atomic mass is 10.0. The van der Waals surface area contributed by atoms with Gasteiger partial charge in [-0.1, -0.05) is 42.5 Å². The van der Waals surface area contributed by atoms with Crippen LogP contribution in [0.5, 0.6) is 5.75 Å². The number of aliphatic hydroxyl groups excluding tert-OH is 2. The van der Waals surface area contributed by atoms with E-state index in [1.54, 1.807) is 48.7 Å². The van der Waals surface area contributed by atoms with Crippen LogP contribution in [0.3, 0.4) is 0 Å². The zero-order valence-electron chi connectivity index (χ0n) is 41.8. The van der Waals surface area contributed by atoms with E-state index in [-0.39, 0.29) is 56.1 Å². The number of phenolic OH excluding ortho intramolecular Hbond substituents is 1. The molecule has 0 unspecified atom stereocenters. The van der Waals surface area contributed by atoms with Crippen molar-refractivity contribution in [1.29, 1.82) is 0 Å². The van der Waals surface area contributed by atoms with Crippen LogP contribution in [-0.2, 0) is 60.8 Å². The number of aromatic hydroxyl groups is 1.